The lowest BCUT2D eigenvalue weighted by molar-refractivity contribution is -0.0454. The smallest absolute Gasteiger partial charge is 0.0637 e. The minimum Gasteiger partial charge on any atom is -0.376 e. The second-order valence-corrected chi connectivity index (χ2v) is 8.05. The molecule has 0 heterocycles. The van der Waals surface area contributed by atoms with Crippen LogP contribution in [-0.4, -0.2) is 25.3 Å². The van der Waals surface area contributed by atoms with Crippen molar-refractivity contribution >= 4 is 0 Å². The predicted octanol–water partition coefficient (Wildman–Crippen LogP) is 3.61. The normalized spacial score (nSPS) is 41.7. The minimum atomic E-state index is 0.416. The number of nitrogens with one attached hydrogen (secondary N) is 1. The second-order valence-electron chi connectivity index (χ2n) is 8.05. The molecular formula is C17H31NO. The summed E-state index contributed by atoms with van der Waals surface area (Å²) in [6.07, 6.45) is 7.42. The van der Waals surface area contributed by atoms with Crippen molar-refractivity contribution in [2.24, 2.45) is 22.7 Å². The Hall–Kier alpha value is -0.0800. The van der Waals surface area contributed by atoms with Gasteiger partial charge in [-0.25, -0.2) is 0 Å². The third kappa shape index (κ3) is 2.25. The predicted molar refractivity (Wildman–Crippen MR) is 79.2 cm³/mol. The van der Waals surface area contributed by atoms with Crippen molar-refractivity contribution in [2.45, 2.75) is 71.9 Å². The van der Waals surface area contributed by atoms with Crippen LogP contribution >= 0.6 is 0 Å². The van der Waals surface area contributed by atoms with E-state index in [1.165, 1.54) is 32.1 Å². The van der Waals surface area contributed by atoms with Gasteiger partial charge >= 0.3 is 0 Å². The lowest BCUT2D eigenvalue weighted by Crippen LogP contribution is -2.39. The van der Waals surface area contributed by atoms with Gasteiger partial charge in [0, 0.05) is 12.6 Å². The van der Waals surface area contributed by atoms with Crippen LogP contribution in [0.3, 0.4) is 0 Å². The summed E-state index contributed by atoms with van der Waals surface area (Å²) in [6, 6.07) is 0.690. The Morgan fingerprint density at radius 3 is 2.47 bits per heavy atom. The molecule has 0 aromatic carbocycles. The number of hydrogen-bond acceptors (Lipinski definition) is 2. The first-order valence-corrected chi connectivity index (χ1v) is 8.30. The Bertz CT molecular complexity index is 336. The molecule has 0 radical (unpaired) electrons. The fourth-order valence-corrected chi connectivity index (χ4v) is 4.63. The van der Waals surface area contributed by atoms with Crippen molar-refractivity contribution in [3.63, 3.8) is 0 Å². The quantitative estimate of drug-likeness (QED) is 0.741. The van der Waals surface area contributed by atoms with Crippen LogP contribution in [0, 0.1) is 22.7 Å². The average Bonchev–Trinajstić information content (AvgIpc) is 3.14. The maximum atomic E-state index is 6.26. The summed E-state index contributed by atoms with van der Waals surface area (Å²) in [7, 11) is 0. The summed E-state index contributed by atoms with van der Waals surface area (Å²) in [5.74, 6) is 1.83. The van der Waals surface area contributed by atoms with Crippen molar-refractivity contribution in [1.29, 1.82) is 0 Å². The summed E-state index contributed by atoms with van der Waals surface area (Å²) < 4.78 is 6.26. The van der Waals surface area contributed by atoms with Crippen LogP contribution in [0.25, 0.3) is 0 Å². The van der Waals surface area contributed by atoms with Gasteiger partial charge in [-0.3, -0.25) is 0 Å². The van der Waals surface area contributed by atoms with E-state index in [4.69, 9.17) is 4.74 Å². The lowest BCUT2D eigenvalue weighted by atomic mass is 9.70. The van der Waals surface area contributed by atoms with Gasteiger partial charge in [-0.05, 0) is 61.7 Å². The number of ether oxygens (including phenoxy) is 1. The van der Waals surface area contributed by atoms with E-state index in [0.717, 1.165) is 25.0 Å². The van der Waals surface area contributed by atoms with Crippen LogP contribution in [0.15, 0.2) is 0 Å². The van der Waals surface area contributed by atoms with Crippen LogP contribution in [0.1, 0.15) is 59.8 Å². The van der Waals surface area contributed by atoms with Crippen molar-refractivity contribution in [3.05, 3.63) is 0 Å². The van der Waals surface area contributed by atoms with Gasteiger partial charge in [0.05, 0.1) is 12.7 Å². The fourth-order valence-electron chi connectivity index (χ4n) is 4.63. The average molecular weight is 265 g/mol. The van der Waals surface area contributed by atoms with Crippen molar-refractivity contribution in [2.75, 3.05) is 13.2 Å². The van der Waals surface area contributed by atoms with Crippen LogP contribution < -0.4 is 5.32 Å². The molecular weight excluding hydrogens is 234 g/mol. The molecule has 3 aliphatic carbocycles. The van der Waals surface area contributed by atoms with E-state index in [2.05, 4.69) is 33.0 Å². The maximum absolute atomic E-state index is 6.26. The fraction of sp³-hybridized carbons (Fsp3) is 1.00. The molecule has 0 saturated heterocycles. The molecule has 3 aliphatic rings. The van der Waals surface area contributed by atoms with E-state index in [9.17, 15) is 0 Å². The summed E-state index contributed by atoms with van der Waals surface area (Å²) in [4.78, 5) is 0. The molecule has 0 aromatic heterocycles. The molecule has 3 rings (SSSR count). The summed E-state index contributed by atoms with van der Waals surface area (Å²) in [6.45, 7) is 11.6. The van der Waals surface area contributed by atoms with Crippen LogP contribution in [-0.2, 0) is 4.74 Å². The summed E-state index contributed by atoms with van der Waals surface area (Å²) in [5, 5.41) is 3.62. The van der Waals surface area contributed by atoms with Crippen molar-refractivity contribution in [3.8, 4) is 0 Å². The highest BCUT2D eigenvalue weighted by atomic mass is 16.5. The number of hydrogen-bond donors (Lipinski definition) is 1. The molecule has 1 N–H and O–H groups in total. The zero-order chi connectivity index (χ0) is 13.7. The maximum Gasteiger partial charge on any atom is 0.0637 e. The van der Waals surface area contributed by atoms with Gasteiger partial charge < -0.3 is 10.1 Å². The molecule has 4 atom stereocenters. The van der Waals surface area contributed by atoms with Crippen molar-refractivity contribution in [1.82, 2.24) is 5.32 Å². The molecule has 0 aliphatic heterocycles. The van der Waals surface area contributed by atoms with Gasteiger partial charge in [0.25, 0.3) is 0 Å². The Kier molecular flexibility index (Phi) is 3.46. The first-order valence-electron chi connectivity index (χ1n) is 8.30. The molecule has 0 aromatic rings. The van der Waals surface area contributed by atoms with E-state index >= 15 is 0 Å². The molecule has 2 bridgehead atoms. The van der Waals surface area contributed by atoms with Gasteiger partial charge in [-0.2, -0.15) is 0 Å². The highest BCUT2D eigenvalue weighted by Gasteiger charge is 2.61. The highest BCUT2D eigenvalue weighted by molar-refractivity contribution is 5.11. The lowest BCUT2D eigenvalue weighted by Gasteiger charge is -2.39. The van der Waals surface area contributed by atoms with Crippen LogP contribution in [0.2, 0.25) is 0 Å². The number of fused-ring (bicyclic) bond motifs is 2. The SMILES string of the molecule is CC(NCCOC1CC2CCC1(C)C2(C)C)C1CC1. The zero-order valence-corrected chi connectivity index (χ0v) is 13.2. The van der Waals surface area contributed by atoms with E-state index in [-0.39, 0.29) is 0 Å². The third-order valence-electron chi connectivity index (χ3n) is 6.93. The molecule has 0 amide bonds. The van der Waals surface area contributed by atoms with Crippen molar-refractivity contribution < 1.29 is 4.74 Å². The third-order valence-corrected chi connectivity index (χ3v) is 6.93. The molecule has 2 heteroatoms. The summed E-state index contributed by atoms with van der Waals surface area (Å²) >= 11 is 0. The summed E-state index contributed by atoms with van der Waals surface area (Å²) in [5.41, 5.74) is 0.895. The Balaban J connectivity index is 1.44. The van der Waals surface area contributed by atoms with E-state index in [1.54, 1.807) is 0 Å². The first kappa shape index (κ1) is 13.9. The van der Waals surface area contributed by atoms with Gasteiger partial charge in [0.2, 0.25) is 0 Å². The van der Waals surface area contributed by atoms with Gasteiger partial charge in [-0.1, -0.05) is 20.8 Å². The van der Waals surface area contributed by atoms with E-state index < -0.39 is 0 Å². The van der Waals surface area contributed by atoms with E-state index in [0.29, 0.717) is 23.0 Å². The first-order chi connectivity index (χ1) is 8.95. The van der Waals surface area contributed by atoms with Crippen LogP contribution in [0.5, 0.6) is 0 Å². The number of rotatable bonds is 6. The molecule has 3 saturated carbocycles. The second kappa shape index (κ2) is 4.73. The van der Waals surface area contributed by atoms with Gasteiger partial charge in [0.15, 0.2) is 0 Å². The zero-order valence-electron chi connectivity index (χ0n) is 13.2. The standard InChI is InChI=1S/C17H31NO/c1-12(13-5-6-13)18-9-10-19-15-11-14-7-8-17(15,4)16(14,2)3/h12-15,18H,5-11H2,1-4H3. The van der Waals surface area contributed by atoms with Gasteiger partial charge in [0.1, 0.15) is 0 Å². The molecule has 110 valence electrons. The topological polar surface area (TPSA) is 21.3 Å². The van der Waals surface area contributed by atoms with Gasteiger partial charge in [-0.15, -0.1) is 0 Å². The Morgan fingerprint density at radius 2 is 1.95 bits per heavy atom. The highest BCUT2D eigenvalue weighted by Crippen LogP contribution is 2.66. The molecule has 4 unspecified atom stereocenters. The molecule has 19 heavy (non-hydrogen) atoms. The largest absolute Gasteiger partial charge is 0.376 e. The van der Waals surface area contributed by atoms with E-state index in [1.807, 2.05) is 0 Å². The molecule has 2 nitrogen and oxygen atoms in total. The monoisotopic (exact) mass is 265 g/mol. The Labute approximate surface area is 118 Å². The Morgan fingerprint density at radius 1 is 1.21 bits per heavy atom. The van der Waals surface area contributed by atoms with Crippen LogP contribution in [0.4, 0.5) is 0 Å². The minimum absolute atomic E-state index is 0.416. The molecule has 0 spiro atoms. The molecule has 3 fully saturated rings.